The van der Waals surface area contributed by atoms with Gasteiger partial charge in [-0.15, -0.1) is 0 Å². The van der Waals surface area contributed by atoms with Crippen LogP contribution in [0.15, 0.2) is 22.2 Å². The first-order valence-electron chi connectivity index (χ1n) is 9.33. The minimum atomic E-state index is -0.750. The molecule has 1 aromatic rings. The van der Waals surface area contributed by atoms with E-state index in [1.807, 2.05) is 0 Å². The Hall–Kier alpha value is -2.88. The summed E-state index contributed by atoms with van der Waals surface area (Å²) in [5, 5.41) is 2.24. The molecule has 0 aromatic heterocycles. The maximum absolute atomic E-state index is 12.9. The van der Waals surface area contributed by atoms with E-state index in [1.165, 1.54) is 20.3 Å². The third-order valence-corrected chi connectivity index (χ3v) is 5.54. The Kier molecular flexibility index (Phi) is 6.76. The van der Waals surface area contributed by atoms with Crippen molar-refractivity contribution >= 4 is 45.8 Å². The lowest BCUT2D eigenvalue weighted by molar-refractivity contribution is -0.143. The van der Waals surface area contributed by atoms with Gasteiger partial charge >= 0.3 is 12.0 Å². The molecule has 4 amide bonds. The number of ether oxygens (including phenoxy) is 3. The molecule has 1 heterocycles. The van der Waals surface area contributed by atoms with Crippen LogP contribution in [-0.4, -0.2) is 55.6 Å². The molecule has 160 valence electrons. The van der Waals surface area contributed by atoms with Crippen molar-refractivity contribution in [1.29, 1.82) is 0 Å². The first kappa shape index (κ1) is 21.8. The van der Waals surface area contributed by atoms with Crippen LogP contribution < -0.4 is 14.8 Å². The Bertz CT molecular complexity index is 922. The maximum atomic E-state index is 12.9. The van der Waals surface area contributed by atoms with Crippen molar-refractivity contribution < 1.29 is 33.4 Å². The highest BCUT2D eigenvalue weighted by molar-refractivity contribution is 9.10. The van der Waals surface area contributed by atoms with Gasteiger partial charge < -0.3 is 14.2 Å². The average Bonchev–Trinajstić information content (AvgIpc) is 3.23. The first-order chi connectivity index (χ1) is 14.3. The van der Waals surface area contributed by atoms with Crippen LogP contribution >= 0.6 is 15.9 Å². The quantitative estimate of drug-likeness (QED) is 0.378. The molecule has 2 aliphatic rings. The summed E-state index contributed by atoms with van der Waals surface area (Å²) in [5.41, 5.74) is 0.335. The summed E-state index contributed by atoms with van der Waals surface area (Å²) >= 11 is 3.34. The first-order valence-corrected chi connectivity index (χ1v) is 10.1. The summed E-state index contributed by atoms with van der Waals surface area (Å²) < 4.78 is 15.7. The monoisotopic (exact) mass is 480 g/mol. The second-order valence-corrected chi connectivity index (χ2v) is 7.68. The average molecular weight is 481 g/mol. The molecule has 0 radical (unpaired) electrons. The summed E-state index contributed by atoms with van der Waals surface area (Å²) in [5.74, 6) is -1.37. The number of amides is 4. The van der Waals surface area contributed by atoms with Crippen molar-refractivity contribution in [2.24, 2.45) is 0 Å². The molecule has 1 saturated heterocycles. The van der Waals surface area contributed by atoms with Crippen LogP contribution in [0.3, 0.4) is 0 Å². The largest absolute Gasteiger partial charge is 0.493 e. The number of nitrogens with one attached hydrogen (secondary N) is 1. The number of rotatable bonds is 6. The minimum absolute atomic E-state index is 0.140. The molecular weight excluding hydrogens is 460 g/mol. The fourth-order valence-corrected chi connectivity index (χ4v) is 4.06. The molecule has 9 nitrogen and oxygen atoms in total. The Morgan fingerprint density at radius 2 is 1.93 bits per heavy atom. The van der Waals surface area contributed by atoms with Crippen LogP contribution in [0.4, 0.5) is 4.79 Å². The van der Waals surface area contributed by atoms with Crippen LogP contribution in [0.25, 0.3) is 6.08 Å². The number of urea groups is 1. The SMILES string of the molecule is COC(=O)COc1c(Br)cc(/C=C2\C(=O)NC(=O)N(C3CCCC3)C2=O)cc1OC. The molecule has 0 bridgehead atoms. The number of esters is 1. The maximum Gasteiger partial charge on any atom is 0.343 e. The van der Waals surface area contributed by atoms with Gasteiger partial charge in [0.15, 0.2) is 18.1 Å². The molecule has 0 spiro atoms. The number of barbiturate groups is 1. The van der Waals surface area contributed by atoms with E-state index in [2.05, 4.69) is 26.0 Å². The molecule has 0 atom stereocenters. The molecular formula is C20H21BrN2O7. The van der Waals surface area contributed by atoms with Gasteiger partial charge in [-0.25, -0.2) is 9.59 Å². The number of nitrogens with zero attached hydrogens (tertiary/aromatic N) is 1. The van der Waals surface area contributed by atoms with E-state index in [1.54, 1.807) is 12.1 Å². The van der Waals surface area contributed by atoms with Gasteiger partial charge in [0.1, 0.15) is 5.57 Å². The van der Waals surface area contributed by atoms with Crippen molar-refractivity contribution in [3.05, 3.63) is 27.7 Å². The number of halogens is 1. The van der Waals surface area contributed by atoms with Crippen molar-refractivity contribution in [3.8, 4) is 11.5 Å². The summed E-state index contributed by atoms with van der Waals surface area (Å²) in [6, 6.07) is 2.28. The van der Waals surface area contributed by atoms with E-state index in [-0.39, 0.29) is 29.7 Å². The Morgan fingerprint density at radius 1 is 1.23 bits per heavy atom. The summed E-state index contributed by atoms with van der Waals surface area (Å²) in [6.45, 7) is -0.314. The van der Waals surface area contributed by atoms with Gasteiger partial charge in [-0.05, 0) is 52.5 Å². The molecule has 30 heavy (non-hydrogen) atoms. The van der Waals surface area contributed by atoms with Gasteiger partial charge in [0, 0.05) is 6.04 Å². The third kappa shape index (κ3) is 4.48. The normalized spacial score (nSPS) is 18.6. The lowest BCUT2D eigenvalue weighted by atomic mass is 10.0. The van der Waals surface area contributed by atoms with Crippen LogP contribution in [0.1, 0.15) is 31.2 Å². The third-order valence-electron chi connectivity index (χ3n) is 4.95. The molecule has 0 unspecified atom stereocenters. The summed E-state index contributed by atoms with van der Waals surface area (Å²) in [4.78, 5) is 49.9. The Balaban J connectivity index is 1.91. The fraction of sp³-hybridized carbons (Fsp3) is 0.400. The van der Waals surface area contributed by atoms with E-state index < -0.39 is 23.8 Å². The molecule has 1 aliphatic heterocycles. The van der Waals surface area contributed by atoms with Crippen LogP contribution in [0.2, 0.25) is 0 Å². The highest BCUT2D eigenvalue weighted by atomic mass is 79.9. The molecule has 1 aromatic carbocycles. The smallest absolute Gasteiger partial charge is 0.343 e. The zero-order valence-corrected chi connectivity index (χ0v) is 18.1. The molecule has 3 rings (SSSR count). The lowest BCUT2D eigenvalue weighted by Gasteiger charge is -2.31. The predicted octanol–water partition coefficient (Wildman–Crippen LogP) is 2.41. The minimum Gasteiger partial charge on any atom is -0.493 e. The van der Waals surface area contributed by atoms with Crippen LogP contribution in [-0.2, 0) is 19.1 Å². The van der Waals surface area contributed by atoms with E-state index in [9.17, 15) is 19.2 Å². The van der Waals surface area contributed by atoms with E-state index in [4.69, 9.17) is 9.47 Å². The van der Waals surface area contributed by atoms with Crippen LogP contribution in [0, 0.1) is 0 Å². The fourth-order valence-electron chi connectivity index (χ4n) is 3.49. The zero-order valence-electron chi connectivity index (χ0n) is 16.5. The highest BCUT2D eigenvalue weighted by Crippen LogP contribution is 2.37. The van der Waals surface area contributed by atoms with Gasteiger partial charge in [-0.3, -0.25) is 19.8 Å². The Labute approximate surface area is 181 Å². The number of benzene rings is 1. The van der Waals surface area contributed by atoms with Gasteiger partial charge in [-0.2, -0.15) is 0 Å². The van der Waals surface area contributed by atoms with Crippen molar-refractivity contribution in [2.45, 2.75) is 31.7 Å². The van der Waals surface area contributed by atoms with Gasteiger partial charge in [0.2, 0.25) is 0 Å². The number of imide groups is 2. The number of carbonyl (C=O) groups excluding carboxylic acids is 4. The van der Waals surface area contributed by atoms with Gasteiger partial charge in [-0.1, -0.05) is 12.8 Å². The van der Waals surface area contributed by atoms with Gasteiger partial charge in [0.25, 0.3) is 11.8 Å². The lowest BCUT2D eigenvalue weighted by Crippen LogP contribution is -2.57. The van der Waals surface area contributed by atoms with Gasteiger partial charge in [0.05, 0.1) is 18.7 Å². The molecule has 1 aliphatic carbocycles. The standard InChI is InChI=1S/C20H21BrN2O7/c1-28-15-9-11(8-14(21)17(15)30-10-16(24)29-2)7-13-18(25)22-20(27)23(19(13)26)12-5-3-4-6-12/h7-9,12H,3-6,10H2,1-2H3,(H,22,25,27)/b13-7+. The zero-order chi connectivity index (χ0) is 21.8. The summed E-state index contributed by atoms with van der Waals surface area (Å²) in [6.07, 6.45) is 4.72. The van der Waals surface area contributed by atoms with Crippen molar-refractivity contribution in [1.82, 2.24) is 10.2 Å². The number of hydrogen-bond donors (Lipinski definition) is 1. The topological polar surface area (TPSA) is 111 Å². The van der Waals surface area contributed by atoms with Crippen molar-refractivity contribution in [2.75, 3.05) is 20.8 Å². The van der Waals surface area contributed by atoms with Crippen molar-refractivity contribution in [3.63, 3.8) is 0 Å². The summed E-state index contributed by atoms with van der Waals surface area (Å²) in [7, 11) is 2.67. The molecule has 1 N–H and O–H groups in total. The van der Waals surface area contributed by atoms with E-state index in [0.29, 0.717) is 10.0 Å². The molecule has 2 fully saturated rings. The number of methoxy groups -OCH3 is 2. The molecule has 10 heteroatoms. The van der Waals surface area contributed by atoms with E-state index >= 15 is 0 Å². The second-order valence-electron chi connectivity index (χ2n) is 6.83. The predicted molar refractivity (Wildman–Crippen MR) is 109 cm³/mol. The molecule has 1 saturated carbocycles. The number of hydrogen-bond acceptors (Lipinski definition) is 7. The Morgan fingerprint density at radius 3 is 2.57 bits per heavy atom. The number of carbonyl (C=O) groups is 4. The highest BCUT2D eigenvalue weighted by Gasteiger charge is 2.40. The second kappa shape index (κ2) is 9.29. The van der Waals surface area contributed by atoms with E-state index in [0.717, 1.165) is 30.6 Å². The van der Waals surface area contributed by atoms with Crippen LogP contribution in [0.5, 0.6) is 11.5 Å².